The van der Waals surface area contributed by atoms with Gasteiger partial charge in [0, 0.05) is 12.1 Å². The van der Waals surface area contributed by atoms with Crippen LogP contribution in [0, 0.1) is 0 Å². The van der Waals surface area contributed by atoms with Gasteiger partial charge in [-0.05, 0) is 23.8 Å². The predicted octanol–water partition coefficient (Wildman–Crippen LogP) is 3.46. The molecule has 0 aliphatic heterocycles. The largest absolute Gasteiger partial charge is 0.493 e. The normalized spacial score (nSPS) is 10.3. The number of ether oxygens (including phenoxy) is 2. The summed E-state index contributed by atoms with van der Waals surface area (Å²) in [4.78, 5) is 0. The predicted molar refractivity (Wildman–Crippen MR) is 84.2 cm³/mol. The van der Waals surface area contributed by atoms with Crippen molar-refractivity contribution in [2.45, 2.75) is 13.2 Å². The van der Waals surface area contributed by atoms with Crippen molar-refractivity contribution in [3.8, 4) is 11.5 Å². The number of aliphatic hydroxyl groups is 1. The fourth-order valence-corrected chi connectivity index (χ4v) is 2.27. The molecule has 0 saturated carbocycles. The van der Waals surface area contributed by atoms with Crippen LogP contribution >= 0.6 is 11.6 Å². The summed E-state index contributed by atoms with van der Waals surface area (Å²) in [6, 6.07) is 11.1. The van der Waals surface area contributed by atoms with E-state index in [9.17, 15) is 5.11 Å². The average Bonchev–Trinajstić information content (AvgIpc) is 2.53. The number of anilines is 1. The Morgan fingerprint density at radius 1 is 1.14 bits per heavy atom. The van der Waals surface area contributed by atoms with Crippen molar-refractivity contribution in [3.05, 3.63) is 52.5 Å². The molecule has 0 aromatic heterocycles. The van der Waals surface area contributed by atoms with Gasteiger partial charge in [0.1, 0.15) is 0 Å². The second-order valence-corrected chi connectivity index (χ2v) is 4.89. The van der Waals surface area contributed by atoms with Crippen molar-refractivity contribution in [2.24, 2.45) is 0 Å². The molecule has 0 bridgehead atoms. The van der Waals surface area contributed by atoms with Gasteiger partial charge in [-0.15, -0.1) is 0 Å². The van der Waals surface area contributed by atoms with Gasteiger partial charge in [-0.3, -0.25) is 0 Å². The van der Waals surface area contributed by atoms with Crippen molar-refractivity contribution in [2.75, 3.05) is 19.5 Å². The molecule has 21 heavy (non-hydrogen) atoms. The van der Waals surface area contributed by atoms with Gasteiger partial charge in [0.2, 0.25) is 0 Å². The second kappa shape index (κ2) is 7.20. The number of benzene rings is 2. The maximum absolute atomic E-state index is 9.18. The van der Waals surface area contributed by atoms with Crippen LogP contribution in [0.1, 0.15) is 11.1 Å². The third kappa shape index (κ3) is 3.60. The first-order chi connectivity index (χ1) is 10.2. The first kappa shape index (κ1) is 15.5. The molecule has 2 rings (SSSR count). The molecule has 2 aromatic rings. The Hall–Kier alpha value is -1.91. The summed E-state index contributed by atoms with van der Waals surface area (Å²) in [6.45, 7) is 0.517. The van der Waals surface area contributed by atoms with E-state index in [4.69, 9.17) is 21.1 Å². The van der Waals surface area contributed by atoms with Crippen LogP contribution in [0.2, 0.25) is 5.02 Å². The summed E-state index contributed by atoms with van der Waals surface area (Å²) in [5.41, 5.74) is 2.54. The Labute approximate surface area is 129 Å². The third-order valence-electron chi connectivity index (χ3n) is 3.17. The molecular formula is C16H18ClNO3. The lowest BCUT2D eigenvalue weighted by Gasteiger charge is -2.14. The van der Waals surface area contributed by atoms with E-state index in [1.807, 2.05) is 24.3 Å². The highest BCUT2D eigenvalue weighted by molar-refractivity contribution is 6.33. The van der Waals surface area contributed by atoms with Crippen LogP contribution in [-0.4, -0.2) is 19.3 Å². The lowest BCUT2D eigenvalue weighted by Crippen LogP contribution is -2.04. The molecule has 0 radical (unpaired) electrons. The standard InChI is InChI=1S/C16H18ClNO3/c1-20-15-5-3-4-12(16(15)21-2)9-18-14-8-11(10-19)6-7-13(14)17/h3-8,18-19H,9-10H2,1-2H3. The van der Waals surface area contributed by atoms with E-state index in [1.165, 1.54) is 0 Å². The van der Waals surface area contributed by atoms with Crippen LogP contribution in [0.15, 0.2) is 36.4 Å². The van der Waals surface area contributed by atoms with Gasteiger partial charge in [0.05, 0.1) is 31.5 Å². The highest BCUT2D eigenvalue weighted by Gasteiger charge is 2.10. The number of rotatable bonds is 6. The molecule has 0 spiro atoms. The first-order valence-electron chi connectivity index (χ1n) is 6.52. The average molecular weight is 308 g/mol. The Morgan fingerprint density at radius 3 is 2.62 bits per heavy atom. The highest BCUT2D eigenvalue weighted by Crippen LogP contribution is 2.32. The molecule has 2 aromatic carbocycles. The monoisotopic (exact) mass is 307 g/mol. The van der Waals surface area contributed by atoms with Gasteiger partial charge in [-0.2, -0.15) is 0 Å². The molecule has 5 heteroatoms. The zero-order chi connectivity index (χ0) is 15.2. The molecule has 0 fully saturated rings. The van der Waals surface area contributed by atoms with Crippen molar-refractivity contribution in [3.63, 3.8) is 0 Å². The van der Waals surface area contributed by atoms with Gasteiger partial charge in [0.25, 0.3) is 0 Å². The van der Waals surface area contributed by atoms with Gasteiger partial charge < -0.3 is 19.9 Å². The molecule has 112 valence electrons. The maximum atomic E-state index is 9.18. The number of nitrogens with one attached hydrogen (secondary N) is 1. The minimum atomic E-state index is -0.0195. The number of aliphatic hydroxyl groups excluding tert-OH is 1. The number of halogens is 1. The maximum Gasteiger partial charge on any atom is 0.165 e. The van der Waals surface area contributed by atoms with Crippen molar-refractivity contribution in [1.29, 1.82) is 0 Å². The van der Waals surface area contributed by atoms with Crippen LogP contribution in [0.25, 0.3) is 0 Å². The molecule has 2 N–H and O–H groups in total. The molecule has 4 nitrogen and oxygen atoms in total. The van der Waals surface area contributed by atoms with E-state index in [1.54, 1.807) is 26.4 Å². The molecular weight excluding hydrogens is 290 g/mol. The van der Waals surface area contributed by atoms with E-state index in [0.29, 0.717) is 23.1 Å². The number of hydrogen-bond acceptors (Lipinski definition) is 4. The van der Waals surface area contributed by atoms with Crippen LogP contribution in [-0.2, 0) is 13.2 Å². The van der Waals surface area contributed by atoms with Crippen molar-refractivity contribution < 1.29 is 14.6 Å². The zero-order valence-electron chi connectivity index (χ0n) is 12.0. The summed E-state index contributed by atoms with van der Waals surface area (Å²) >= 11 is 6.15. The van der Waals surface area contributed by atoms with E-state index in [-0.39, 0.29) is 6.61 Å². The fraction of sp³-hybridized carbons (Fsp3) is 0.250. The summed E-state index contributed by atoms with van der Waals surface area (Å²) in [7, 11) is 3.22. The van der Waals surface area contributed by atoms with Gasteiger partial charge in [-0.25, -0.2) is 0 Å². The molecule has 0 aliphatic rings. The number of methoxy groups -OCH3 is 2. The van der Waals surface area contributed by atoms with Crippen LogP contribution in [0.3, 0.4) is 0 Å². The third-order valence-corrected chi connectivity index (χ3v) is 3.50. The molecule has 0 amide bonds. The molecule has 0 aliphatic carbocycles. The van der Waals surface area contributed by atoms with E-state index >= 15 is 0 Å². The molecule has 0 atom stereocenters. The fourth-order valence-electron chi connectivity index (χ4n) is 2.09. The first-order valence-corrected chi connectivity index (χ1v) is 6.90. The van der Waals surface area contributed by atoms with Crippen LogP contribution in [0.5, 0.6) is 11.5 Å². The van der Waals surface area contributed by atoms with Crippen LogP contribution < -0.4 is 14.8 Å². The zero-order valence-corrected chi connectivity index (χ0v) is 12.8. The lowest BCUT2D eigenvalue weighted by molar-refractivity contribution is 0.282. The summed E-state index contributed by atoms with van der Waals surface area (Å²) in [5, 5.41) is 13.0. The Balaban J connectivity index is 2.20. The van der Waals surface area contributed by atoms with Gasteiger partial charge in [0.15, 0.2) is 11.5 Å². The topological polar surface area (TPSA) is 50.7 Å². The molecule has 0 unspecified atom stereocenters. The van der Waals surface area contributed by atoms with Gasteiger partial charge in [-0.1, -0.05) is 29.8 Å². The Bertz CT molecular complexity index is 616. The summed E-state index contributed by atoms with van der Waals surface area (Å²) < 4.78 is 10.7. The molecule has 0 heterocycles. The van der Waals surface area contributed by atoms with E-state index < -0.39 is 0 Å². The summed E-state index contributed by atoms with van der Waals surface area (Å²) in [5.74, 6) is 1.38. The second-order valence-electron chi connectivity index (χ2n) is 4.48. The Kier molecular flexibility index (Phi) is 5.31. The van der Waals surface area contributed by atoms with E-state index in [0.717, 1.165) is 16.8 Å². The Morgan fingerprint density at radius 2 is 1.95 bits per heavy atom. The SMILES string of the molecule is COc1cccc(CNc2cc(CO)ccc2Cl)c1OC. The minimum Gasteiger partial charge on any atom is -0.493 e. The van der Waals surface area contributed by atoms with E-state index in [2.05, 4.69) is 5.32 Å². The number of hydrogen-bond donors (Lipinski definition) is 2. The summed E-state index contributed by atoms with van der Waals surface area (Å²) in [6.07, 6.45) is 0. The lowest BCUT2D eigenvalue weighted by atomic mass is 10.1. The van der Waals surface area contributed by atoms with Gasteiger partial charge >= 0.3 is 0 Å². The number of para-hydroxylation sites is 1. The minimum absolute atomic E-state index is 0.0195. The van der Waals surface area contributed by atoms with Crippen molar-refractivity contribution >= 4 is 17.3 Å². The molecule has 0 saturated heterocycles. The quantitative estimate of drug-likeness (QED) is 0.858. The van der Waals surface area contributed by atoms with Crippen molar-refractivity contribution in [1.82, 2.24) is 0 Å². The smallest absolute Gasteiger partial charge is 0.165 e. The highest BCUT2D eigenvalue weighted by atomic mass is 35.5. The van der Waals surface area contributed by atoms with Crippen LogP contribution in [0.4, 0.5) is 5.69 Å².